The molecule has 0 aliphatic carbocycles. The van der Waals surface area contributed by atoms with Crippen molar-refractivity contribution in [1.29, 1.82) is 0 Å². The van der Waals surface area contributed by atoms with Gasteiger partial charge < -0.3 is 10.2 Å². The lowest BCUT2D eigenvalue weighted by Crippen LogP contribution is -2.50. The number of likely N-dealkylation sites (N-methyl/N-ethyl adjacent to an activating group) is 1. The summed E-state index contributed by atoms with van der Waals surface area (Å²) in [6.45, 7) is 8.55. The SMILES string of the molecule is CCNC(=O)[C@@H](Cc1ccccc1)N(Cc1cccc(C)c1)C(=O)CCCN(c1cc(C)ccc1C)S(C)(=O)=O. The van der Waals surface area contributed by atoms with Crippen molar-refractivity contribution in [2.24, 2.45) is 0 Å². The van der Waals surface area contributed by atoms with Crippen LogP contribution in [0.2, 0.25) is 0 Å². The highest BCUT2D eigenvalue weighted by atomic mass is 32.2. The van der Waals surface area contributed by atoms with Crippen molar-refractivity contribution in [2.45, 2.75) is 59.5 Å². The number of anilines is 1. The van der Waals surface area contributed by atoms with E-state index in [1.165, 1.54) is 10.6 Å². The number of rotatable bonds is 13. The van der Waals surface area contributed by atoms with Crippen molar-refractivity contribution < 1.29 is 18.0 Å². The van der Waals surface area contributed by atoms with Gasteiger partial charge in [-0.3, -0.25) is 13.9 Å². The first-order valence-electron chi connectivity index (χ1n) is 13.7. The first-order valence-corrected chi connectivity index (χ1v) is 15.6. The van der Waals surface area contributed by atoms with Gasteiger partial charge in [0.2, 0.25) is 21.8 Å². The molecule has 0 fully saturated rings. The fraction of sp³-hybridized carbons (Fsp3) is 0.375. The molecule has 0 radical (unpaired) electrons. The first kappa shape index (κ1) is 30.9. The molecule has 0 saturated carbocycles. The Kier molecular flexibility index (Phi) is 10.9. The Hall–Kier alpha value is -3.65. The number of amides is 2. The predicted octanol–water partition coefficient (Wildman–Crippen LogP) is 4.93. The predicted molar refractivity (Wildman–Crippen MR) is 162 cm³/mol. The lowest BCUT2D eigenvalue weighted by Gasteiger charge is -2.32. The normalized spacial score (nSPS) is 12.0. The van der Waals surface area contributed by atoms with Crippen molar-refractivity contribution in [2.75, 3.05) is 23.7 Å². The van der Waals surface area contributed by atoms with E-state index in [9.17, 15) is 18.0 Å². The van der Waals surface area contributed by atoms with Gasteiger partial charge in [0, 0.05) is 32.5 Å². The minimum atomic E-state index is -3.56. The monoisotopic (exact) mass is 563 g/mol. The average Bonchev–Trinajstić information content (AvgIpc) is 2.90. The molecule has 8 heteroatoms. The summed E-state index contributed by atoms with van der Waals surface area (Å²) in [5, 5.41) is 2.91. The van der Waals surface area contributed by atoms with Gasteiger partial charge in [-0.1, -0.05) is 72.3 Å². The zero-order valence-electron chi connectivity index (χ0n) is 24.2. The minimum Gasteiger partial charge on any atom is -0.355 e. The Bertz CT molecular complexity index is 1410. The molecule has 0 unspecified atom stereocenters. The average molecular weight is 564 g/mol. The summed E-state index contributed by atoms with van der Waals surface area (Å²) in [6.07, 6.45) is 1.98. The lowest BCUT2D eigenvalue weighted by atomic mass is 10.0. The smallest absolute Gasteiger partial charge is 0.243 e. The fourth-order valence-electron chi connectivity index (χ4n) is 4.82. The number of nitrogens with one attached hydrogen (secondary N) is 1. The molecule has 214 valence electrons. The van der Waals surface area contributed by atoms with E-state index in [1.807, 2.05) is 100 Å². The summed E-state index contributed by atoms with van der Waals surface area (Å²) < 4.78 is 26.8. The molecule has 0 aliphatic rings. The molecule has 0 saturated heterocycles. The van der Waals surface area contributed by atoms with Crippen LogP contribution in [-0.4, -0.2) is 50.5 Å². The van der Waals surface area contributed by atoms with Crippen molar-refractivity contribution in [3.63, 3.8) is 0 Å². The Morgan fingerprint density at radius 3 is 2.20 bits per heavy atom. The number of benzene rings is 3. The van der Waals surface area contributed by atoms with E-state index in [0.29, 0.717) is 25.1 Å². The van der Waals surface area contributed by atoms with Gasteiger partial charge in [-0.15, -0.1) is 0 Å². The van der Waals surface area contributed by atoms with Crippen LogP contribution in [0, 0.1) is 20.8 Å². The molecule has 1 N–H and O–H groups in total. The molecule has 3 aromatic carbocycles. The molecule has 1 atom stereocenters. The Morgan fingerprint density at radius 2 is 1.55 bits per heavy atom. The maximum atomic E-state index is 13.8. The molecule has 2 amide bonds. The van der Waals surface area contributed by atoms with E-state index < -0.39 is 16.1 Å². The molecule has 0 spiro atoms. The minimum absolute atomic E-state index is 0.105. The summed E-state index contributed by atoms with van der Waals surface area (Å²) in [5.74, 6) is -0.399. The van der Waals surface area contributed by atoms with Crippen molar-refractivity contribution in [3.8, 4) is 0 Å². The zero-order chi connectivity index (χ0) is 29.3. The summed E-state index contributed by atoms with van der Waals surface area (Å²) in [7, 11) is -3.56. The van der Waals surface area contributed by atoms with E-state index >= 15 is 0 Å². The summed E-state index contributed by atoms with van der Waals surface area (Å²) >= 11 is 0. The molecule has 0 aliphatic heterocycles. The topological polar surface area (TPSA) is 86.8 Å². The highest BCUT2D eigenvalue weighted by molar-refractivity contribution is 7.92. The first-order chi connectivity index (χ1) is 19.0. The Morgan fingerprint density at radius 1 is 0.875 bits per heavy atom. The third kappa shape index (κ3) is 8.68. The van der Waals surface area contributed by atoms with Gasteiger partial charge in [-0.25, -0.2) is 8.42 Å². The molecular formula is C32H41N3O4S. The van der Waals surface area contributed by atoms with Crippen LogP contribution in [0.1, 0.15) is 47.6 Å². The number of nitrogens with zero attached hydrogens (tertiary/aromatic N) is 2. The molecular weight excluding hydrogens is 522 g/mol. The molecule has 0 heterocycles. The summed E-state index contributed by atoms with van der Waals surface area (Å²) in [5.41, 5.74) is 5.39. The highest BCUT2D eigenvalue weighted by Gasteiger charge is 2.30. The van der Waals surface area contributed by atoms with Crippen LogP contribution in [0.3, 0.4) is 0 Å². The zero-order valence-corrected chi connectivity index (χ0v) is 25.0. The molecule has 7 nitrogen and oxygen atoms in total. The van der Waals surface area contributed by atoms with E-state index in [1.54, 1.807) is 4.90 Å². The van der Waals surface area contributed by atoms with E-state index in [2.05, 4.69) is 5.32 Å². The van der Waals surface area contributed by atoms with Gasteiger partial charge >= 0.3 is 0 Å². The molecule has 0 bridgehead atoms. The lowest BCUT2D eigenvalue weighted by molar-refractivity contribution is -0.141. The second kappa shape index (κ2) is 14.1. The fourth-order valence-corrected chi connectivity index (χ4v) is 5.84. The van der Waals surface area contributed by atoms with Crippen LogP contribution in [0.4, 0.5) is 5.69 Å². The number of carbonyl (C=O) groups excluding carboxylic acids is 2. The van der Waals surface area contributed by atoms with Gasteiger partial charge in [-0.05, 0) is 62.4 Å². The molecule has 40 heavy (non-hydrogen) atoms. The third-order valence-electron chi connectivity index (χ3n) is 6.84. The van der Waals surface area contributed by atoms with Crippen molar-refractivity contribution in [1.82, 2.24) is 10.2 Å². The van der Waals surface area contributed by atoms with Gasteiger partial charge in [0.05, 0.1) is 11.9 Å². The van der Waals surface area contributed by atoms with E-state index in [-0.39, 0.29) is 31.3 Å². The largest absolute Gasteiger partial charge is 0.355 e. The maximum Gasteiger partial charge on any atom is 0.243 e. The number of sulfonamides is 1. The third-order valence-corrected chi connectivity index (χ3v) is 8.02. The number of carbonyl (C=O) groups is 2. The van der Waals surface area contributed by atoms with E-state index in [4.69, 9.17) is 0 Å². The van der Waals surface area contributed by atoms with Crippen LogP contribution in [0.5, 0.6) is 0 Å². The van der Waals surface area contributed by atoms with Gasteiger partial charge in [0.25, 0.3) is 0 Å². The summed E-state index contributed by atoms with van der Waals surface area (Å²) in [4.78, 5) is 28.8. The second-order valence-electron chi connectivity index (χ2n) is 10.3. The quantitative estimate of drug-likeness (QED) is 0.319. The van der Waals surface area contributed by atoms with Crippen molar-refractivity contribution in [3.05, 3.63) is 101 Å². The molecule has 3 aromatic rings. The number of hydrogen-bond donors (Lipinski definition) is 1. The Labute approximate surface area is 239 Å². The van der Waals surface area contributed by atoms with E-state index in [0.717, 1.165) is 27.8 Å². The number of aryl methyl sites for hydroxylation is 3. The maximum absolute atomic E-state index is 13.8. The summed E-state index contributed by atoms with van der Waals surface area (Å²) in [6, 6.07) is 22.6. The van der Waals surface area contributed by atoms with Crippen LogP contribution in [-0.2, 0) is 32.6 Å². The molecule has 0 aromatic heterocycles. The van der Waals surface area contributed by atoms with Crippen LogP contribution < -0.4 is 9.62 Å². The van der Waals surface area contributed by atoms with Crippen LogP contribution in [0.15, 0.2) is 72.8 Å². The highest BCUT2D eigenvalue weighted by Crippen LogP contribution is 2.25. The van der Waals surface area contributed by atoms with Crippen LogP contribution in [0.25, 0.3) is 0 Å². The van der Waals surface area contributed by atoms with Crippen LogP contribution >= 0.6 is 0 Å². The Balaban J connectivity index is 1.88. The molecule has 3 rings (SSSR count). The standard InChI is InChI=1S/C32H41N3O4S/c1-6-33-32(37)30(22-27-13-8-7-9-14-27)34(23-28-15-10-12-24(2)20-28)31(36)16-11-19-35(40(5,38)39)29-21-25(3)17-18-26(29)4/h7-10,12-15,17-18,20-21,30H,6,11,16,19,22-23H2,1-5H3,(H,33,37)/t30-/m1/s1. The van der Waals surface area contributed by atoms with Crippen molar-refractivity contribution >= 4 is 27.5 Å². The van der Waals surface area contributed by atoms with Gasteiger partial charge in [-0.2, -0.15) is 0 Å². The van der Waals surface area contributed by atoms with Gasteiger partial charge in [0.1, 0.15) is 6.04 Å². The van der Waals surface area contributed by atoms with Gasteiger partial charge in [0.15, 0.2) is 0 Å². The second-order valence-corrected chi connectivity index (χ2v) is 12.2. The number of hydrogen-bond acceptors (Lipinski definition) is 4.